The van der Waals surface area contributed by atoms with Crippen LogP contribution in [-0.2, 0) is 9.59 Å². The first-order valence-corrected chi connectivity index (χ1v) is 11.3. The van der Waals surface area contributed by atoms with Gasteiger partial charge in [-0.3, -0.25) is 19.3 Å². The number of benzene rings is 2. The lowest BCUT2D eigenvalue weighted by Gasteiger charge is -2.15. The van der Waals surface area contributed by atoms with E-state index >= 15 is 0 Å². The Labute approximate surface area is 193 Å². The summed E-state index contributed by atoms with van der Waals surface area (Å²) in [4.78, 5) is 38.6. The average Bonchev–Trinajstić information content (AvgIpc) is 2.98. The van der Waals surface area contributed by atoms with E-state index in [2.05, 4.69) is 27.9 Å². The van der Waals surface area contributed by atoms with Gasteiger partial charge in [0.05, 0.1) is 11.0 Å². The molecule has 1 aliphatic rings. The predicted octanol–water partition coefficient (Wildman–Crippen LogP) is 5.14. The Morgan fingerprint density at radius 2 is 1.90 bits per heavy atom. The van der Waals surface area contributed by atoms with E-state index in [-0.39, 0.29) is 17.6 Å². The zero-order valence-corrected chi connectivity index (χ0v) is 19.5. The van der Waals surface area contributed by atoms with E-state index in [9.17, 15) is 14.4 Å². The molecule has 0 aliphatic carbocycles. The van der Waals surface area contributed by atoms with Gasteiger partial charge in [-0.2, -0.15) is 0 Å². The molecule has 156 valence electrons. The number of nitrogens with one attached hydrogen (secondary N) is 1. The van der Waals surface area contributed by atoms with Crippen molar-refractivity contribution in [1.29, 1.82) is 0 Å². The Hall–Kier alpha value is -2.33. The van der Waals surface area contributed by atoms with E-state index in [4.69, 9.17) is 4.74 Å². The summed E-state index contributed by atoms with van der Waals surface area (Å²) in [5, 5.41) is 2.23. The van der Waals surface area contributed by atoms with E-state index in [0.29, 0.717) is 17.0 Å². The van der Waals surface area contributed by atoms with Crippen LogP contribution in [0.15, 0.2) is 53.4 Å². The van der Waals surface area contributed by atoms with Crippen molar-refractivity contribution < 1.29 is 19.1 Å². The number of carbonyl (C=O) groups is 3. The smallest absolute Gasteiger partial charge is 0.294 e. The number of anilines is 1. The highest BCUT2D eigenvalue weighted by atomic mass is 127. The largest absolute Gasteiger partial charge is 0.490 e. The molecule has 0 spiro atoms. The van der Waals surface area contributed by atoms with E-state index < -0.39 is 17.1 Å². The van der Waals surface area contributed by atoms with E-state index in [1.807, 2.05) is 50.2 Å². The number of rotatable bonds is 7. The summed E-state index contributed by atoms with van der Waals surface area (Å²) in [6.45, 7) is 3.66. The number of carbonyl (C=O) groups excluding carboxylic acids is 3. The molecule has 1 saturated heterocycles. The van der Waals surface area contributed by atoms with Crippen molar-refractivity contribution in [3.8, 4) is 5.75 Å². The van der Waals surface area contributed by atoms with Crippen LogP contribution in [0.3, 0.4) is 0 Å². The Morgan fingerprint density at radius 3 is 2.60 bits per heavy atom. The maximum atomic E-state index is 12.7. The highest BCUT2D eigenvalue weighted by molar-refractivity contribution is 14.1. The Kier molecular flexibility index (Phi) is 7.54. The second kappa shape index (κ2) is 10.1. The lowest BCUT2D eigenvalue weighted by atomic mass is 10.1. The van der Waals surface area contributed by atoms with Crippen LogP contribution in [0, 0.1) is 3.57 Å². The van der Waals surface area contributed by atoms with Gasteiger partial charge >= 0.3 is 0 Å². The molecule has 0 radical (unpaired) electrons. The van der Waals surface area contributed by atoms with Crippen molar-refractivity contribution in [3.05, 3.63) is 62.6 Å². The number of nitrogens with zero attached hydrogens (tertiary/aromatic N) is 1. The van der Waals surface area contributed by atoms with Gasteiger partial charge in [-0.05, 0) is 84.1 Å². The molecule has 0 bridgehead atoms. The monoisotopic (exact) mass is 536 g/mol. The minimum absolute atomic E-state index is 0.0274. The summed E-state index contributed by atoms with van der Waals surface area (Å²) >= 11 is 2.99. The molecule has 3 amide bonds. The highest BCUT2D eigenvalue weighted by Crippen LogP contribution is 2.34. The van der Waals surface area contributed by atoms with Gasteiger partial charge in [-0.1, -0.05) is 25.1 Å². The molecule has 1 atom stereocenters. The van der Waals surface area contributed by atoms with Gasteiger partial charge in [0.15, 0.2) is 0 Å². The molecule has 0 saturated carbocycles. The summed E-state index contributed by atoms with van der Waals surface area (Å²) in [6, 6.07) is 14.6. The second-order valence-electron chi connectivity index (χ2n) is 6.70. The SMILES string of the molecule is CC[C@H](C)Oc1ccccc1/C=C1/SC(=O)N(CC(=O)Nc2ccc(I)cc2)C1=O. The van der Waals surface area contributed by atoms with Crippen molar-refractivity contribution in [2.45, 2.75) is 26.4 Å². The van der Waals surface area contributed by atoms with Gasteiger partial charge in [0.1, 0.15) is 12.3 Å². The summed E-state index contributed by atoms with van der Waals surface area (Å²) < 4.78 is 6.95. The number of imide groups is 1. The number of ether oxygens (including phenoxy) is 1. The molecule has 1 aliphatic heterocycles. The van der Waals surface area contributed by atoms with Crippen molar-refractivity contribution in [1.82, 2.24) is 4.90 Å². The van der Waals surface area contributed by atoms with Crippen LogP contribution < -0.4 is 10.1 Å². The van der Waals surface area contributed by atoms with Crippen molar-refractivity contribution in [3.63, 3.8) is 0 Å². The number of amides is 3. The zero-order valence-electron chi connectivity index (χ0n) is 16.6. The lowest BCUT2D eigenvalue weighted by Crippen LogP contribution is -2.36. The molecule has 0 unspecified atom stereocenters. The molecule has 2 aromatic rings. The summed E-state index contributed by atoms with van der Waals surface area (Å²) in [5.74, 6) is -0.267. The fourth-order valence-corrected chi connectivity index (χ4v) is 3.85. The van der Waals surface area contributed by atoms with Crippen LogP contribution in [0.2, 0.25) is 0 Å². The molecule has 2 aromatic carbocycles. The van der Waals surface area contributed by atoms with Gasteiger partial charge < -0.3 is 10.1 Å². The predicted molar refractivity (Wildman–Crippen MR) is 127 cm³/mol. The molecule has 1 N–H and O–H groups in total. The van der Waals surface area contributed by atoms with Crippen LogP contribution in [-0.4, -0.2) is 34.6 Å². The Morgan fingerprint density at radius 1 is 1.20 bits per heavy atom. The molecule has 3 rings (SSSR count). The molecule has 1 fully saturated rings. The third kappa shape index (κ3) is 5.63. The van der Waals surface area contributed by atoms with Crippen molar-refractivity contribution in [2.75, 3.05) is 11.9 Å². The minimum atomic E-state index is -0.485. The molecule has 0 aromatic heterocycles. The van der Waals surface area contributed by atoms with Crippen LogP contribution in [0.1, 0.15) is 25.8 Å². The van der Waals surface area contributed by atoms with Crippen LogP contribution in [0.25, 0.3) is 6.08 Å². The summed E-state index contributed by atoms with van der Waals surface area (Å²) in [6.07, 6.45) is 2.51. The first-order valence-electron chi connectivity index (χ1n) is 9.44. The third-order valence-electron chi connectivity index (χ3n) is 4.41. The minimum Gasteiger partial charge on any atom is -0.490 e. The van der Waals surface area contributed by atoms with Crippen LogP contribution in [0.4, 0.5) is 10.5 Å². The normalized spacial score (nSPS) is 16.1. The molecular weight excluding hydrogens is 515 g/mol. The van der Waals surface area contributed by atoms with Crippen LogP contribution in [0.5, 0.6) is 5.75 Å². The van der Waals surface area contributed by atoms with E-state index in [1.165, 1.54) is 0 Å². The molecular formula is C22H21IN2O4S. The topological polar surface area (TPSA) is 75.7 Å². The van der Waals surface area contributed by atoms with Gasteiger partial charge in [-0.15, -0.1) is 0 Å². The maximum Gasteiger partial charge on any atom is 0.294 e. The van der Waals surface area contributed by atoms with Gasteiger partial charge in [0, 0.05) is 14.8 Å². The lowest BCUT2D eigenvalue weighted by molar-refractivity contribution is -0.127. The zero-order chi connectivity index (χ0) is 21.7. The van der Waals surface area contributed by atoms with Crippen molar-refractivity contribution >= 4 is 63.2 Å². The quantitative estimate of drug-likeness (QED) is 0.392. The number of thioether (sulfide) groups is 1. The molecule has 1 heterocycles. The summed E-state index contributed by atoms with van der Waals surface area (Å²) in [7, 11) is 0. The number of para-hydroxylation sites is 1. The standard InChI is InChI=1S/C22H21IN2O4S/c1-3-14(2)29-18-7-5-4-6-15(18)12-19-21(27)25(22(28)30-19)13-20(26)24-17-10-8-16(23)9-11-17/h4-12,14H,3,13H2,1-2H3,(H,24,26)/b19-12+/t14-/m0/s1. The maximum absolute atomic E-state index is 12.7. The fraction of sp³-hybridized carbons (Fsp3) is 0.227. The molecule has 30 heavy (non-hydrogen) atoms. The molecule has 8 heteroatoms. The number of hydrogen-bond donors (Lipinski definition) is 1. The van der Waals surface area contributed by atoms with Gasteiger partial charge in [0.2, 0.25) is 5.91 Å². The second-order valence-corrected chi connectivity index (χ2v) is 8.94. The number of halogens is 1. The first kappa shape index (κ1) is 22.4. The Balaban J connectivity index is 1.71. The average molecular weight is 536 g/mol. The molecule has 6 nitrogen and oxygen atoms in total. The van der Waals surface area contributed by atoms with Gasteiger partial charge in [-0.25, -0.2) is 0 Å². The van der Waals surface area contributed by atoms with E-state index in [1.54, 1.807) is 18.2 Å². The Bertz CT molecular complexity index is 991. The van der Waals surface area contributed by atoms with Crippen LogP contribution >= 0.6 is 34.4 Å². The third-order valence-corrected chi connectivity index (χ3v) is 6.04. The fourth-order valence-electron chi connectivity index (χ4n) is 2.66. The highest BCUT2D eigenvalue weighted by Gasteiger charge is 2.36. The van der Waals surface area contributed by atoms with Crippen molar-refractivity contribution in [2.24, 2.45) is 0 Å². The van der Waals surface area contributed by atoms with Gasteiger partial charge in [0.25, 0.3) is 11.1 Å². The number of hydrogen-bond acceptors (Lipinski definition) is 5. The van der Waals surface area contributed by atoms with E-state index in [0.717, 1.165) is 26.7 Å². The summed E-state index contributed by atoms with van der Waals surface area (Å²) in [5.41, 5.74) is 1.32. The first-order chi connectivity index (χ1) is 14.4.